The van der Waals surface area contributed by atoms with Gasteiger partial charge in [0, 0.05) is 45.2 Å². The molecule has 0 aliphatic carbocycles. The fourth-order valence-corrected chi connectivity index (χ4v) is 12.2. The van der Waals surface area contributed by atoms with Gasteiger partial charge in [0.05, 0.1) is 5.34 Å². The highest BCUT2D eigenvalue weighted by Gasteiger charge is 2.60. The molecule has 0 bridgehead atoms. The second-order valence-electron chi connectivity index (χ2n) is 13.8. The van der Waals surface area contributed by atoms with E-state index in [1.807, 2.05) is 24.3 Å². The fourth-order valence-electron chi connectivity index (χ4n) is 6.99. The van der Waals surface area contributed by atoms with Gasteiger partial charge in [-0.15, -0.1) is 28.7 Å². The molecule has 14 heteroatoms. The van der Waals surface area contributed by atoms with E-state index < -0.39 is 74.6 Å². The number of halogens is 3. The smallest absolute Gasteiger partial charge is 0.303 e. The first kappa shape index (κ1) is 45.7. The predicted octanol–water partition coefficient (Wildman–Crippen LogP) is 7.31. The highest BCUT2D eigenvalue weighted by Crippen LogP contribution is 2.42. The maximum Gasteiger partial charge on any atom is 0.303 e. The summed E-state index contributed by atoms with van der Waals surface area (Å²) in [6.45, 7) is 17.4. The fraction of sp³-hybridized carbons (Fsp3) is 0.538. The molecule has 292 valence electrons. The summed E-state index contributed by atoms with van der Waals surface area (Å²) < 4.78 is 42.8. The second kappa shape index (κ2) is 20.3. The van der Waals surface area contributed by atoms with Gasteiger partial charge in [-0.1, -0.05) is 65.7 Å². The van der Waals surface area contributed by atoms with Crippen molar-refractivity contribution in [3.8, 4) is 11.5 Å². The van der Waals surface area contributed by atoms with Gasteiger partial charge in [0.25, 0.3) is 0 Å². The van der Waals surface area contributed by atoms with E-state index in [1.54, 1.807) is 0 Å². The molecule has 0 saturated carbocycles. The minimum absolute atomic E-state index is 0.0498. The minimum Gasteiger partial charge on any atom is -0.463 e. The molecule has 0 amide bonds. The number of carbonyl (C=O) groups is 4. The molecule has 0 radical (unpaired) electrons. The summed E-state index contributed by atoms with van der Waals surface area (Å²) in [4.78, 5) is 48.3. The van der Waals surface area contributed by atoms with Gasteiger partial charge in [0.1, 0.15) is 26.6 Å². The van der Waals surface area contributed by atoms with Crippen LogP contribution in [0.4, 0.5) is 4.39 Å². The zero-order chi connectivity index (χ0) is 40.3. The average Bonchev–Trinajstić information content (AvgIpc) is 3.04. The van der Waals surface area contributed by atoms with Crippen molar-refractivity contribution in [3.63, 3.8) is 0 Å². The van der Waals surface area contributed by atoms with E-state index in [2.05, 4.69) is 53.0 Å². The van der Waals surface area contributed by atoms with E-state index in [0.717, 1.165) is 44.9 Å². The van der Waals surface area contributed by atoms with E-state index in [-0.39, 0.29) is 22.9 Å². The number of rotatable bonds is 11. The highest BCUT2D eigenvalue weighted by molar-refractivity contribution is 6.90. The first-order valence-corrected chi connectivity index (χ1v) is 20.6. The molecule has 5 atom stereocenters. The third-order valence-electron chi connectivity index (χ3n) is 9.15. The molecule has 2 aromatic carbocycles. The Bertz CT molecular complexity index is 1620. The number of aliphatic hydroxyl groups is 1. The Balaban J connectivity index is 0.00000313. The molecular weight excluding hydrogens is 746 g/mol. The minimum atomic E-state index is -2.57. The molecule has 1 fully saturated rings. The zero-order valence-electron chi connectivity index (χ0n) is 32.0. The molecule has 0 spiro atoms. The lowest BCUT2D eigenvalue weighted by molar-refractivity contribution is -0.360. The van der Waals surface area contributed by atoms with Gasteiger partial charge < -0.3 is 28.8 Å². The van der Waals surface area contributed by atoms with Crippen molar-refractivity contribution >= 4 is 55.2 Å². The maximum atomic E-state index is 15.3. The topological polar surface area (TPSA) is 135 Å². The van der Waals surface area contributed by atoms with Crippen molar-refractivity contribution in [3.05, 3.63) is 70.5 Å². The molecule has 0 unspecified atom stereocenters. The van der Waals surface area contributed by atoms with E-state index in [9.17, 15) is 24.3 Å². The molecule has 53 heavy (non-hydrogen) atoms. The van der Waals surface area contributed by atoms with Gasteiger partial charge in [0.15, 0.2) is 12.2 Å². The Labute approximate surface area is 323 Å². The Kier molecular flexibility index (Phi) is 17.5. The Morgan fingerprint density at radius 2 is 1.34 bits per heavy atom. The van der Waals surface area contributed by atoms with Crippen molar-refractivity contribution in [1.82, 2.24) is 0 Å². The second-order valence-corrected chi connectivity index (χ2v) is 20.1. The predicted molar refractivity (Wildman–Crippen MR) is 202 cm³/mol. The van der Waals surface area contributed by atoms with Crippen molar-refractivity contribution in [2.45, 2.75) is 122 Å². The summed E-state index contributed by atoms with van der Waals surface area (Å²) in [6, 6.07) is 11.2. The lowest BCUT2D eigenvalue weighted by Crippen LogP contribution is -2.66. The van der Waals surface area contributed by atoms with Crippen molar-refractivity contribution < 1.29 is 52.4 Å². The van der Waals surface area contributed by atoms with Gasteiger partial charge in [-0.05, 0) is 52.0 Å². The number of benzene rings is 2. The summed E-state index contributed by atoms with van der Waals surface area (Å²) >= 11 is 9.53. The Morgan fingerprint density at radius 1 is 0.830 bits per heavy atom. The molecule has 1 aliphatic heterocycles. The first-order chi connectivity index (χ1) is 24.7. The largest absolute Gasteiger partial charge is 0.463 e. The van der Waals surface area contributed by atoms with Crippen molar-refractivity contribution in [2.75, 3.05) is 11.9 Å². The number of hydrogen-bond donors (Lipinski definition) is 1. The quantitative estimate of drug-likeness (QED) is 0.0811. The van der Waals surface area contributed by atoms with Crippen molar-refractivity contribution in [2.24, 2.45) is 0 Å². The highest BCUT2D eigenvalue weighted by atomic mass is 35.5. The van der Waals surface area contributed by atoms with Crippen LogP contribution in [-0.2, 0) is 55.1 Å². The van der Waals surface area contributed by atoms with Crippen LogP contribution < -0.4 is 0 Å². The first-order valence-electron chi connectivity index (χ1n) is 17.3. The Morgan fingerprint density at radius 3 is 1.81 bits per heavy atom. The third-order valence-corrected chi connectivity index (χ3v) is 15.4. The van der Waals surface area contributed by atoms with Gasteiger partial charge >= 0.3 is 23.9 Å². The molecule has 0 aromatic heterocycles. The van der Waals surface area contributed by atoms with Crippen LogP contribution in [-0.4, -0.2) is 73.4 Å². The summed E-state index contributed by atoms with van der Waals surface area (Å²) in [5.74, 6) is -2.98. The third kappa shape index (κ3) is 12.0. The number of alkyl halides is 2. The van der Waals surface area contributed by atoms with Gasteiger partial charge in [-0.2, -0.15) is 0 Å². The van der Waals surface area contributed by atoms with Crippen LogP contribution in [0, 0.1) is 17.3 Å². The molecule has 1 N–H and O–H groups in total. The molecule has 1 heterocycles. The number of esters is 4. The zero-order valence-corrected chi connectivity index (χ0v) is 34.5. The number of carbonyl (C=O) groups excluding carboxylic acids is 4. The van der Waals surface area contributed by atoms with Crippen LogP contribution >= 0.6 is 23.2 Å². The van der Waals surface area contributed by atoms with E-state index in [1.165, 1.54) is 12.1 Å². The molecule has 2 aromatic rings. The normalized spacial score (nSPS) is 21.2. The molecule has 1 aliphatic rings. The summed E-state index contributed by atoms with van der Waals surface area (Å²) in [5.41, 5.74) is 6.91. The summed E-state index contributed by atoms with van der Waals surface area (Å²) in [7, 11) is -1.94. The van der Waals surface area contributed by atoms with Crippen LogP contribution in [0.2, 0.25) is 16.6 Å². The lowest BCUT2D eigenvalue weighted by Gasteiger charge is -2.48. The summed E-state index contributed by atoms with van der Waals surface area (Å²) in [5, 5.41) is 12.4. The average molecular weight is 798 g/mol. The van der Waals surface area contributed by atoms with Crippen LogP contribution in [0.15, 0.2) is 42.5 Å². The van der Waals surface area contributed by atoms with E-state index in [0.29, 0.717) is 16.6 Å². The number of hydrogen-bond acceptors (Lipinski definition) is 10. The molecule has 1 saturated heterocycles. The monoisotopic (exact) mass is 796 g/mol. The summed E-state index contributed by atoms with van der Waals surface area (Å²) in [6.07, 6.45) is -6.13. The van der Waals surface area contributed by atoms with Crippen LogP contribution in [0.1, 0.15) is 91.5 Å². The van der Waals surface area contributed by atoms with E-state index in [4.69, 9.17) is 46.9 Å². The Hall–Kier alpha value is -3.47. The van der Waals surface area contributed by atoms with Crippen LogP contribution in [0.5, 0.6) is 0 Å². The van der Waals surface area contributed by atoms with Gasteiger partial charge in [0.2, 0.25) is 11.9 Å². The molecular formula is C39H51Cl2FO10Si. The molecule has 10 nitrogen and oxygen atoms in total. The van der Waals surface area contributed by atoms with Crippen LogP contribution in [0.25, 0.3) is 0 Å². The van der Waals surface area contributed by atoms with Gasteiger partial charge in [-0.25, -0.2) is 4.39 Å². The standard InChI is InChI=1S/C38H49FO10Si.CH2Cl2/c1-22(2)50(23(3)4,24(5)6)18-17-29-11-13-30(14-12-29)19-31-20-32(15-16-33(31)39)38(44)37(48-28(10)43)36(47-27(9)42)35(46-26(8)41)34(49-38)21-45-25(7)40;2-1-3/h11-16,20,22-24,34-37,44H,19,21H2,1-10H3;1H2/t34-,35-,36+,37-,38-;/m1./s1. The van der Waals surface area contributed by atoms with E-state index >= 15 is 4.39 Å². The lowest BCUT2D eigenvalue weighted by atomic mass is 9.86. The van der Waals surface area contributed by atoms with Crippen LogP contribution in [0.3, 0.4) is 0 Å². The molecule has 3 rings (SSSR count). The maximum absolute atomic E-state index is 15.3. The SMILES string of the molecule is CC(=O)OC[C@H]1O[C@](O)(c2ccc(F)c(Cc3ccc(C#C[Si](C(C)C)(C(C)C)C(C)C)cc3)c2)[C@H](OC(C)=O)[C@@H](OC(C)=O)[C@@H]1OC(C)=O.ClCCl. The van der Waals surface area contributed by atoms with Gasteiger partial charge in [-0.3, -0.25) is 19.2 Å². The van der Waals surface area contributed by atoms with Crippen molar-refractivity contribution in [1.29, 1.82) is 0 Å². The number of ether oxygens (including phenoxy) is 5.